The van der Waals surface area contributed by atoms with Crippen LogP contribution in [0.2, 0.25) is 0 Å². The second-order valence-corrected chi connectivity index (χ2v) is 17.8. The van der Waals surface area contributed by atoms with Gasteiger partial charge in [0.2, 0.25) is 0 Å². The van der Waals surface area contributed by atoms with Crippen LogP contribution in [0.15, 0.2) is 162 Å². The van der Waals surface area contributed by atoms with E-state index in [0.717, 1.165) is 27.6 Å². The highest BCUT2D eigenvalue weighted by Crippen LogP contribution is 2.55. The summed E-state index contributed by atoms with van der Waals surface area (Å²) in [5.74, 6) is 0.800. The molecule has 0 aliphatic heterocycles. The first kappa shape index (κ1) is 31.6. The fourth-order valence-electron chi connectivity index (χ4n) is 11.4. The minimum atomic E-state index is -0.0883. The summed E-state index contributed by atoms with van der Waals surface area (Å²) in [5, 5.41) is 7.41. The van der Waals surface area contributed by atoms with Gasteiger partial charge in [-0.05, 0) is 118 Å². The summed E-state index contributed by atoms with van der Waals surface area (Å²) in [5.41, 5.74) is 17.4. The molecule has 3 nitrogen and oxygen atoms in total. The van der Waals surface area contributed by atoms with Gasteiger partial charge in [0.1, 0.15) is 11.2 Å². The van der Waals surface area contributed by atoms with E-state index in [-0.39, 0.29) is 10.8 Å². The van der Waals surface area contributed by atoms with Gasteiger partial charge in [0.25, 0.3) is 0 Å². The lowest BCUT2D eigenvalue weighted by Gasteiger charge is -2.29. The number of furan rings is 1. The van der Waals surface area contributed by atoms with Gasteiger partial charge in [-0.15, -0.1) is 0 Å². The number of hydrogen-bond acceptors (Lipinski definition) is 1. The van der Waals surface area contributed by atoms with Gasteiger partial charge in [-0.3, -0.25) is 0 Å². The minimum Gasteiger partial charge on any atom is -0.456 e. The molecule has 0 radical (unpaired) electrons. The maximum absolute atomic E-state index is 6.30. The molecule has 0 fully saturated rings. The van der Waals surface area contributed by atoms with Crippen LogP contribution in [0.25, 0.3) is 88.1 Å². The lowest BCUT2D eigenvalue weighted by Crippen LogP contribution is -2.24. The summed E-state index contributed by atoms with van der Waals surface area (Å²) in [4.78, 5) is 0. The second kappa shape index (κ2) is 10.6. The summed E-state index contributed by atoms with van der Waals surface area (Å²) < 4.78 is 11.3. The molecule has 57 heavy (non-hydrogen) atoms. The molecule has 3 aromatic heterocycles. The van der Waals surface area contributed by atoms with Crippen LogP contribution in [0.3, 0.4) is 0 Å². The van der Waals surface area contributed by atoms with E-state index < -0.39 is 0 Å². The Hall–Kier alpha value is -6.58. The standard InChI is InChI=1S/C54H40N2O/c1-53(2)43-17-9-5-13-33(43)37-27-40-35-15-7-11-19-47(35)55(49(40)29-45(37)53)31-21-23-48-39(25-31)41-28-38-34-14-6-10-18-44(34)54(3,4)46(38)30-50(41)56(48)32-22-24-52-42(26-32)36-16-8-12-20-51(36)57-52/h5-30,34,44H,1-4H3. The number of benzene rings is 7. The molecule has 2 unspecified atom stereocenters. The molecule has 3 heterocycles. The van der Waals surface area contributed by atoms with E-state index in [1.807, 2.05) is 6.07 Å². The number of nitrogens with zero attached hydrogens (tertiary/aromatic N) is 2. The Kier molecular flexibility index (Phi) is 5.89. The van der Waals surface area contributed by atoms with Gasteiger partial charge in [-0.25, -0.2) is 0 Å². The topological polar surface area (TPSA) is 23.0 Å². The quantitative estimate of drug-likeness (QED) is 0.174. The van der Waals surface area contributed by atoms with Crippen LogP contribution >= 0.6 is 0 Å². The largest absolute Gasteiger partial charge is 0.456 e. The van der Waals surface area contributed by atoms with Gasteiger partial charge in [0.05, 0.1) is 22.1 Å². The van der Waals surface area contributed by atoms with Crippen LogP contribution in [-0.4, -0.2) is 9.13 Å². The Balaban J connectivity index is 1.11. The summed E-state index contributed by atoms with van der Waals surface area (Å²) in [6, 6.07) is 50.1. The van der Waals surface area contributed by atoms with E-state index >= 15 is 0 Å². The van der Waals surface area contributed by atoms with Gasteiger partial charge in [-0.2, -0.15) is 0 Å². The molecular weight excluding hydrogens is 693 g/mol. The average molecular weight is 733 g/mol. The Morgan fingerprint density at radius 1 is 0.456 bits per heavy atom. The van der Waals surface area contributed by atoms with E-state index in [2.05, 4.69) is 189 Å². The lowest BCUT2D eigenvalue weighted by atomic mass is 9.74. The molecular formula is C54H40N2O. The number of rotatable bonds is 2. The highest BCUT2D eigenvalue weighted by atomic mass is 16.3. The Bertz CT molecular complexity index is 3480. The van der Waals surface area contributed by atoms with E-state index in [1.54, 1.807) is 0 Å². The molecule has 13 rings (SSSR count). The van der Waals surface area contributed by atoms with Crippen molar-refractivity contribution in [3.8, 4) is 22.5 Å². The number of allylic oxidation sites excluding steroid dienone is 4. The fourth-order valence-corrected chi connectivity index (χ4v) is 11.4. The van der Waals surface area contributed by atoms with Crippen molar-refractivity contribution in [2.24, 2.45) is 5.92 Å². The van der Waals surface area contributed by atoms with Crippen molar-refractivity contribution in [3.63, 3.8) is 0 Å². The van der Waals surface area contributed by atoms with Gasteiger partial charge in [0.15, 0.2) is 0 Å². The molecule has 3 heteroatoms. The predicted molar refractivity (Wildman–Crippen MR) is 237 cm³/mol. The van der Waals surface area contributed by atoms with E-state index in [9.17, 15) is 0 Å². The molecule has 0 amide bonds. The van der Waals surface area contributed by atoms with Gasteiger partial charge >= 0.3 is 0 Å². The van der Waals surface area contributed by atoms with Crippen LogP contribution in [-0.2, 0) is 10.8 Å². The molecule has 7 aromatic carbocycles. The summed E-state index contributed by atoms with van der Waals surface area (Å²) >= 11 is 0. The van der Waals surface area contributed by atoms with Gasteiger partial charge in [-0.1, -0.05) is 113 Å². The molecule has 0 bridgehead atoms. The van der Waals surface area contributed by atoms with Crippen molar-refractivity contribution >= 4 is 65.6 Å². The Morgan fingerprint density at radius 3 is 1.95 bits per heavy atom. The van der Waals surface area contributed by atoms with Crippen molar-refractivity contribution in [2.75, 3.05) is 0 Å². The van der Waals surface area contributed by atoms with E-state index in [4.69, 9.17) is 4.42 Å². The van der Waals surface area contributed by atoms with Gasteiger partial charge < -0.3 is 13.6 Å². The van der Waals surface area contributed by atoms with E-state index in [1.165, 1.54) is 82.7 Å². The van der Waals surface area contributed by atoms with Crippen LogP contribution in [0, 0.1) is 5.92 Å². The molecule has 0 N–H and O–H groups in total. The molecule has 10 aromatic rings. The molecule has 0 spiro atoms. The van der Waals surface area contributed by atoms with Crippen molar-refractivity contribution in [2.45, 2.75) is 44.4 Å². The Labute approximate surface area is 330 Å². The molecule has 3 aliphatic carbocycles. The zero-order chi connectivity index (χ0) is 37.9. The summed E-state index contributed by atoms with van der Waals surface area (Å²) in [6.45, 7) is 9.62. The monoisotopic (exact) mass is 732 g/mol. The van der Waals surface area contributed by atoms with Crippen LogP contribution in [0.4, 0.5) is 0 Å². The SMILES string of the molecule is CC1(C)c2ccccc2-c2cc3c4ccccc4n(-c4ccc5c(c4)c4cc6c(cc4n5-c4ccc5oc7ccccc7c5c4)C(C)(C)C4C=CC=CC64)c3cc21. The molecule has 0 saturated carbocycles. The van der Waals surface area contributed by atoms with Crippen molar-refractivity contribution in [1.82, 2.24) is 9.13 Å². The van der Waals surface area contributed by atoms with Crippen LogP contribution in [0.1, 0.15) is 55.9 Å². The molecule has 3 aliphatic rings. The van der Waals surface area contributed by atoms with Crippen LogP contribution in [0.5, 0.6) is 0 Å². The second-order valence-electron chi connectivity index (χ2n) is 17.8. The number of fused-ring (bicyclic) bond motifs is 15. The van der Waals surface area contributed by atoms with Crippen molar-refractivity contribution in [3.05, 3.63) is 180 Å². The first-order valence-electron chi connectivity index (χ1n) is 20.3. The number of hydrogen-bond donors (Lipinski definition) is 0. The number of para-hydroxylation sites is 2. The highest BCUT2D eigenvalue weighted by Gasteiger charge is 2.45. The third-order valence-corrected chi connectivity index (χ3v) is 14.2. The summed E-state index contributed by atoms with van der Waals surface area (Å²) in [6.07, 6.45) is 9.32. The normalized spacial score (nSPS) is 18.7. The number of aromatic nitrogens is 2. The Morgan fingerprint density at radius 2 is 1.09 bits per heavy atom. The van der Waals surface area contributed by atoms with E-state index in [0.29, 0.717) is 11.8 Å². The predicted octanol–water partition coefficient (Wildman–Crippen LogP) is 14.2. The zero-order valence-corrected chi connectivity index (χ0v) is 32.5. The molecule has 0 saturated heterocycles. The minimum absolute atomic E-state index is 0.00325. The highest BCUT2D eigenvalue weighted by molar-refractivity contribution is 6.14. The first-order valence-corrected chi connectivity index (χ1v) is 20.3. The first-order chi connectivity index (χ1) is 27.8. The maximum Gasteiger partial charge on any atom is 0.135 e. The third kappa shape index (κ3) is 3.96. The van der Waals surface area contributed by atoms with Crippen molar-refractivity contribution < 1.29 is 4.42 Å². The van der Waals surface area contributed by atoms with Gasteiger partial charge in [0, 0.05) is 55.0 Å². The zero-order valence-electron chi connectivity index (χ0n) is 32.5. The third-order valence-electron chi connectivity index (χ3n) is 14.2. The smallest absolute Gasteiger partial charge is 0.135 e. The van der Waals surface area contributed by atoms with Crippen molar-refractivity contribution in [1.29, 1.82) is 0 Å². The summed E-state index contributed by atoms with van der Waals surface area (Å²) in [7, 11) is 0. The molecule has 272 valence electrons. The van der Waals surface area contributed by atoms with Crippen LogP contribution < -0.4 is 0 Å². The molecule has 2 atom stereocenters. The average Bonchev–Trinajstić information content (AvgIpc) is 3.98. The maximum atomic E-state index is 6.30. The fraction of sp³-hybridized carbons (Fsp3) is 0.148. The lowest BCUT2D eigenvalue weighted by molar-refractivity contribution is 0.394.